The lowest BCUT2D eigenvalue weighted by Gasteiger charge is -2.08. The summed E-state index contributed by atoms with van der Waals surface area (Å²) in [5.74, 6) is 0.739. The zero-order valence-corrected chi connectivity index (χ0v) is 11.1. The van der Waals surface area contributed by atoms with Crippen LogP contribution < -0.4 is 11.1 Å². The lowest BCUT2D eigenvalue weighted by molar-refractivity contribution is 0.318. The van der Waals surface area contributed by atoms with Crippen LogP contribution in [0.5, 0.6) is 0 Å². The molecule has 0 aromatic carbocycles. The van der Waals surface area contributed by atoms with E-state index in [4.69, 9.17) is 10.9 Å². The molecule has 0 radical (unpaired) electrons. The van der Waals surface area contributed by atoms with Crippen LogP contribution in [0.4, 0.5) is 0 Å². The minimum Gasteiger partial charge on any atom is -0.409 e. The number of hydrogen-bond acceptors (Lipinski definition) is 6. The predicted octanol–water partition coefficient (Wildman–Crippen LogP) is 0.564. The number of nitrogens with one attached hydrogen (secondary N) is 1. The van der Waals surface area contributed by atoms with Crippen molar-refractivity contribution in [2.75, 3.05) is 0 Å². The minimum atomic E-state index is 0.000260. The molecule has 0 aliphatic carbocycles. The van der Waals surface area contributed by atoms with Crippen LogP contribution in [0.15, 0.2) is 35.7 Å². The van der Waals surface area contributed by atoms with E-state index in [1.54, 1.807) is 18.5 Å². The topological polar surface area (TPSA) is 109 Å². The van der Waals surface area contributed by atoms with Gasteiger partial charge in [0.25, 0.3) is 0 Å². The molecule has 0 aliphatic heterocycles. The van der Waals surface area contributed by atoms with Gasteiger partial charge in [0.05, 0.1) is 5.69 Å². The van der Waals surface area contributed by atoms with Crippen molar-refractivity contribution in [1.82, 2.24) is 20.3 Å². The van der Waals surface area contributed by atoms with Crippen LogP contribution >= 0.6 is 0 Å². The van der Waals surface area contributed by atoms with Crippen LogP contribution in [0, 0.1) is 6.92 Å². The highest BCUT2D eigenvalue weighted by Gasteiger charge is 2.07. The van der Waals surface area contributed by atoms with Crippen molar-refractivity contribution in [2.24, 2.45) is 10.9 Å². The van der Waals surface area contributed by atoms with Gasteiger partial charge < -0.3 is 16.3 Å². The van der Waals surface area contributed by atoms with E-state index in [1.807, 2.05) is 19.1 Å². The van der Waals surface area contributed by atoms with Crippen LogP contribution in [0.25, 0.3) is 0 Å². The molecule has 0 atom stereocenters. The smallest absolute Gasteiger partial charge is 0.189 e. The van der Waals surface area contributed by atoms with Gasteiger partial charge in [-0.2, -0.15) is 0 Å². The SMILES string of the molecule is Cc1nccc(CNCc2cccnc2C(N)=NO)n1. The summed E-state index contributed by atoms with van der Waals surface area (Å²) in [7, 11) is 0. The van der Waals surface area contributed by atoms with E-state index < -0.39 is 0 Å². The summed E-state index contributed by atoms with van der Waals surface area (Å²) in [5.41, 5.74) is 7.82. The van der Waals surface area contributed by atoms with E-state index in [0.717, 1.165) is 17.1 Å². The van der Waals surface area contributed by atoms with E-state index in [0.29, 0.717) is 18.8 Å². The van der Waals surface area contributed by atoms with E-state index in [-0.39, 0.29) is 5.84 Å². The van der Waals surface area contributed by atoms with Gasteiger partial charge in [-0.05, 0) is 24.6 Å². The average Bonchev–Trinajstić information content (AvgIpc) is 2.47. The van der Waals surface area contributed by atoms with E-state index in [1.165, 1.54) is 0 Å². The number of aryl methyl sites for hydroxylation is 1. The van der Waals surface area contributed by atoms with Crippen LogP contribution in [-0.4, -0.2) is 26.0 Å². The summed E-state index contributed by atoms with van der Waals surface area (Å²) in [4.78, 5) is 12.5. The monoisotopic (exact) mass is 272 g/mol. The standard InChI is InChI=1S/C13H16N6O/c1-9-16-6-4-11(18-9)8-15-7-10-3-2-5-17-12(10)13(14)19-20/h2-6,15,20H,7-8H2,1H3,(H2,14,19). The number of aromatic nitrogens is 3. The van der Waals surface area contributed by atoms with Crippen LogP contribution in [0.3, 0.4) is 0 Å². The fraction of sp³-hybridized carbons (Fsp3) is 0.231. The molecular formula is C13H16N6O. The second-order valence-corrected chi connectivity index (χ2v) is 4.20. The molecule has 2 aromatic heterocycles. The molecule has 0 fully saturated rings. The Bertz CT molecular complexity index is 613. The van der Waals surface area contributed by atoms with Crippen molar-refractivity contribution >= 4 is 5.84 Å². The Morgan fingerprint density at radius 2 is 2.15 bits per heavy atom. The Balaban J connectivity index is 2.01. The maximum Gasteiger partial charge on any atom is 0.189 e. The number of oxime groups is 1. The molecule has 4 N–H and O–H groups in total. The van der Waals surface area contributed by atoms with Gasteiger partial charge in [0, 0.05) is 25.5 Å². The lowest BCUT2D eigenvalue weighted by Crippen LogP contribution is -2.21. The third-order valence-corrected chi connectivity index (χ3v) is 2.70. The van der Waals surface area contributed by atoms with Crippen molar-refractivity contribution < 1.29 is 5.21 Å². The Labute approximate surface area is 116 Å². The van der Waals surface area contributed by atoms with Gasteiger partial charge in [-0.1, -0.05) is 11.2 Å². The number of pyridine rings is 1. The van der Waals surface area contributed by atoms with Crippen molar-refractivity contribution in [3.8, 4) is 0 Å². The van der Waals surface area contributed by atoms with E-state index >= 15 is 0 Å². The third-order valence-electron chi connectivity index (χ3n) is 2.70. The van der Waals surface area contributed by atoms with Gasteiger partial charge in [0.1, 0.15) is 11.5 Å². The van der Waals surface area contributed by atoms with Gasteiger partial charge >= 0.3 is 0 Å². The quantitative estimate of drug-likeness (QED) is 0.317. The normalized spacial score (nSPS) is 11.6. The van der Waals surface area contributed by atoms with Crippen LogP contribution in [-0.2, 0) is 13.1 Å². The predicted molar refractivity (Wildman–Crippen MR) is 74.1 cm³/mol. The molecule has 0 bridgehead atoms. The lowest BCUT2D eigenvalue weighted by atomic mass is 10.2. The molecule has 20 heavy (non-hydrogen) atoms. The molecule has 7 nitrogen and oxygen atoms in total. The van der Waals surface area contributed by atoms with Gasteiger partial charge in [0.15, 0.2) is 5.84 Å². The Kier molecular flexibility index (Phi) is 4.56. The van der Waals surface area contributed by atoms with Gasteiger partial charge in [0.2, 0.25) is 0 Å². The molecule has 0 spiro atoms. The second-order valence-electron chi connectivity index (χ2n) is 4.20. The van der Waals surface area contributed by atoms with Crippen molar-refractivity contribution in [3.05, 3.63) is 53.4 Å². The highest BCUT2D eigenvalue weighted by molar-refractivity contribution is 5.96. The molecule has 0 aliphatic rings. The average molecular weight is 272 g/mol. The Morgan fingerprint density at radius 3 is 2.90 bits per heavy atom. The molecule has 0 amide bonds. The van der Waals surface area contributed by atoms with Gasteiger partial charge in [-0.3, -0.25) is 4.98 Å². The molecule has 2 rings (SSSR count). The number of hydrogen-bond donors (Lipinski definition) is 3. The Morgan fingerprint density at radius 1 is 1.30 bits per heavy atom. The first-order chi connectivity index (χ1) is 9.70. The van der Waals surface area contributed by atoms with Gasteiger partial charge in [-0.15, -0.1) is 0 Å². The van der Waals surface area contributed by atoms with E-state index in [9.17, 15) is 0 Å². The maximum atomic E-state index is 8.73. The van der Waals surface area contributed by atoms with Crippen LogP contribution in [0.2, 0.25) is 0 Å². The van der Waals surface area contributed by atoms with Crippen molar-refractivity contribution in [1.29, 1.82) is 0 Å². The third kappa shape index (κ3) is 3.48. The fourth-order valence-electron chi connectivity index (χ4n) is 1.79. The second kappa shape index (κ2) is 6.58. The van der Waals surface area contributed by atoms with Crippen LogP contribution in [0.1, 0.15) is 22.8 Å². The molecule has 0 saturated heterocycles. The highest BCUT2D eigenvalue weighted by Crippen LogP contribution is 2.05. The molecule has 104 valence electrons. The van der Waals surface area contributed by atoms with E-state index in [2.05, 4.69) is 25.4 Å². The van der Waals surface area contributed by atoms with Crippen molar-refractivity contribution in [2.45, 2.75) is 20.0 Å². The Hall–Kier alpha value is -2.54. The first kappa shape index (κ1) is 13.9. The number of nitrogens with two attached hydrogens (primary N) is 1. The summed E-state index contributed by atoms with van der Waals surface area (Å²) in [6.45, 7) is 3.00. The highest BCUT2D eigenvalue weighted by atomic mass is 16.4. The molecule has 7 heteroatoms. The molecule has 0 saturated carbocycles. The number of nitrogens with zero attached hydrogens (tertiary/aromatic N) is 4. The summed E-state index contributed by atoms with van der Waals surface area (Å²) in [5, 5.41) is 15.0. The summed E-state index contributed by atoms with van der Waals surface area (Å²) in [6.07, 6.45) is 3.33. The molecular weight excluding hydrogens is 256 g/mol. The summed E-state index contributed by atoms with van der Waals surface area (Å²) < 4.78 is 0. The number of amidine groups is 1. The van der Waals surface area contributed by atoms with Gasteiger partial charge in [-0.25, -0.2) is 9.97 Å². The first-order valence-electron chi connectivity index (χ1n) is 6.11. The molecule has 0 unspecified atom stereocenters. The fourth-order valence-corrected chi connectivity index (χ4v) is 1.79. The van der Waals surface area contributed by atoms with Crippen molar-refractivity contribution in [3.63, 3.8) is 0 Å². The largest absolute Gasteiger partial charge is 0.409 e. The summed E-state index contributed by atoms with van der Waals surface area (Å²) in [6, 6.07) is 5.53. The number of rotatable bonds is 5. The first-order valence-corrected chi connectivity index (χ1v) is 6.11. The maximum absolute atomic E-state index is 8.73. The minimum absolute atomic E-state index is 0.000260. The zero-order chi connectivity index (χ0) is 14.4. The summed E-state index contributed by atoms with van der Waals surface area (Å²) >= 11 is 0. The molecule has 2 aromatic rings. The zero-order valence-electron chi connectivity index (χ0n) is 11.1. The molecule has 2 heterocycles.